The van der Waals surface area contributed by atoms with E-state index >= 15 is 0 Å². The Morgan fingerprint density at radius 1 is 1.00 bits per heavy atom. The first-order valence-electron chi connectivity index (χ1n) is 8.77. The van der Waals surface area contributed by atoms with Crippen LogP contribution < -0.4 is 15.6 Å². The van der Waals surface area contributed by atoms with Crippen LogP contribution in [0.4, 0.5) is 0 Å². The van der Waals surface area contributed by atoms with Crippen LogP contribution >= 0.6 is 0 Å². The number of carbonyl (C=O) groups is 1. The number of aryl methyl sites for hydroxylation is 1. The number of aromatic nitrogens is 1. The van der Waals surface area contributed by atoms with E-state index in [1.54, 1.807) is 10.6 Å². The Balaban J connectivity index is 1.61. The molecule has 0 saturated heterocycles. The Hall–Kier alpha value is -3.34. The van der Waals surface area contributed by atoms with E-state index in [9.17, 15) is 9.59 Å². The van der Waals surface area contributed by atoms with E-state index < -0.39 is 0 Å². The van der Waals surface area contributed by atoms with Crippen LogP contribution in [0.5, 0.6) is 5.75 Å². The molecular formula is C22H22N2O3. The minimum absolute atomic E-state index is 0.145. The van der Waals surface area contributed by atoms with Gasteiger partial charge in [-0.25, -0.2) is 0 Å². The first-order chi connectivity index (χ1) is 13.1. The summed E-state index contributed by atoms with van der Waals surface area (Å²) in [5, 5.41) is 2.86. The number of hydrogen-bond donors (Lipinski definition) is 1. The van der Waals surface area contributed by atoms with Crippen LogP contribution in [0.1, 0.15) is 16.1 Å². The van der Waals surface area contributed by atoms with Crippen LogP contribution in [0.3, 0.4) is 0 Å². The van der Waals surface area contributed by atoms with Gasteiger partial charge in [0, 0.05) is 30.4 Å². The number of rotatable bonds is 6. The van der Waals surface area contributed by atoms with Crippen molar-refractivity contribution in [2.75, 3.05) is 13.7 Å². The van der Waals surface area contributed by atoms with Gasteiger partial charge < -0.3 is 14.6 Å². The zero-order valence-corrected chi connectivity index (χ0v) is 15.4. The molecule has 5 heteroatoms. The maximum atomic E-state index is 12.3. The number of methoxy groups -OCH3 is 1. The van der Waals surface area contributed by atoms with E-state index in [-0.39, 0.29) is 11.5 Å². The summed E-state index contributed by atoms with van der Waals surface area (Å²) in [4.78, 5) is 24.4. The number of hydrogen-bond acceptors (Lipinski definition) is 3. The molecule has 1 aromatic heterocycles. The van der Waals surface area contributed by atoms with E-state index in [0.29, 0.717) is 24.4 Å². The van der Waals surface area contributed by atoms with Crippen molar-refractivity contribution in [3.63, 3.8) is 0 Å². The van der Waals surface area contributed by atoms with E-state index in [2.05, 4.69) is 5.32 Å². The van der Waals surface area contributed by atoms with Gasteiger partial charge in [-0.1, -0.05) is 42.5 Å². The molecule has 2 aromatic carbocycles. The monoisotopic (exact) mass is 362 g/mol. The molecule has 3 aromatic rings. The molecule has 0 bridgehead atoms. The summed E-state index contributed by atoms with van der Waals surface area (Å²) < 4.78 is 6.70. The lowest BCUT2D eigenvalue weighted by atomic mass is 10.0. The van der Waals surface area contributed by atoms with Crippen LogP contribution in [0, 0.1) is 6.92 Å². The Kier molecular flexibility index (Phi) is 5.71. The molecule has 0 atom stereocenters. The Morgan fingerprint density at radius 2 is 1.67 bits per heavy atom. The van der Waals surface area contributed by atoms with E-state index in [1.807, 2.05) is 61.5 Å². The van der Waals surface area contributed by atoms with Gasteiger partial charge in [-0.3, -0.25) is 9.59 Å². The van der Waals surface area contributed by atoms with Crippen molar-refractivity contribution in [3.8, 4) is 16.9 Å². The van der Waals surface area contributed by atoms with Crippen LogP contribution in [0.15, 0.2) is 71.5 Å². The maximum Gasteiger partial charge on any atom is 0.254 e. The van der Waals surface area contributed by atoms with Gasteiger partial charge in [0.05, 0.1) is 7.11 Å². The molecule has 1 heterocycles. The van der Waals surface area contributed by atoms with Gasteiger partial charge in [-0.2, -0.15) is 0 Å². The fourth-order valence-electron chi connectivity index (χ4n) is 2.93. The summed E-state index contributed by atoms with van der Waals surface area (Å²) in [5.41, 5.74) is 3.41. The van der Waals surface area contributed by atoms with Crippen molar-refractivity contribution in [1.82, 2.24) is 9.88 Å². The molecule has 0 aliphatic heterocycles. The molecule has 138 valence electrons. The second-order valence-corrected chi connectivity index (χ2v) is 6.23. The van der Waals surface area contributed by atoms with Crippen molar-refractivity contribution in [1.29, 1.82) is 0 Å². The third-order valence-electron chi connectivity index (χ3n) is 4.42. The Morgan fingerprint density at radius 3 is 2.30 bits per heavy atom. The highest BCUT2D eigenvalue weighted by Gasteiger charge is 2.07. The quantitative estimate of drug-likeness (QED) is 0.732. The zero-order chi connectivity index (χ0) is 19.2. The first-order valence-corrected chi connectivity index (χ1v) is 8.77. The second kappa shape index (κ2) is 8.36. The molecule has 0 saturated carbocycles. The molecule has 0 fully saturated rings. The number of nitrogens with zero attached hydrogens (tertiary/aromatic N) is 1. The van der Waals surface area contributed by atoms with E-state index in [1.165, 1.54) is 13.2 Å². The number of ether oxygens (including phenoxy) is 1. The summed E-state index contributed by atoms with van der Waals surface area (Å²) in [6.07, 6.45) is 0. The van der Waals surface area contributed by atoms with Gasteiger partial charge in [0.1, 0.15) is 5.75 Å². The molecule has 27 heavy (non-hydrogen) atoms. The highest BCUT2D eigenvalue weighted by Crippen LogP contribution is 2.19. The molecule has 5 nitrogen and oxygen atoms in total. The minimum Gasteiger partial charge on any atom is -0.496 e. The highest BCUT2D eigenvalue weighted by atomic mass is 16.5. The first kappa shape index (κ1) is 18.5. The number of amides is 1. The molecule has 1 N–H and O–H groups in total. The number of pyridine rings is 1. The molecule has 1 amide bonds. The molecule has 0 radical (unpaired) electrons. The molecule has 0 aliphatic rings. The third-order valence-corrected chi connectivity index (χ3v) is 4.42. The number of carbonyl (C=O) groups excluding carboxylic acids is 1. The van der Waals surface area contributed by atoms with Crippen molar-refractivity contribution < 1.29 is 9.53 Å². The van der Waals surface area contributed by atoms with Crippen LogP contribution in [-0.2, 0) is 6.54 Å². The third kappa shape index (κ3) is 4.44. The average molecular weight is 362 g/mol. The fraction of sp³-hybridized carbons (Fsp3) is 0.182. The van der Waals surface area contributed by atoms with Gasteiger partial charge in [-0.15, -0.1) is 0 Å². The van der Waals surface area contributed by atoms with Gasteiger partial charge in [0.25, 0.3) is 11.5 Å². The van der Waals surface area contributed by atoms with Crippen molar-refractivity contribution >= 4 is 5.91 Å². The summed E-state index contributed by atoms with van der Waals surface area (Å²) in [6, 6.07) is 20.7. The van der Waals surface area contributed by atoms with Crippen LogP contribution in [-0.4, -0.2) is 24.1 Å². The molecule has 0 aliphatic carbocycles. The zero-order valence-electron chi connectivity index (χ0n) is 15.4. The molecule has 0 unspecified atom stereocenters. The predicted molar refractivity (Wildman–Crippen MR) is 106 cm³/mol. The minimum atomic E-state index is -0.158. The number of nitrogens with one attached hydrogen (secondary N) is 1. The second-order valence-electron chi connectivity index (χ2n) is 6.23. The van der Waals surface area contributed by atoms with E-state index in [4.69, 9.17) is 4.74 Å². The van der Waals surface area contributed by atoms with Gasteiger partial charge in [0.2, 0.25) is 0 Å². The fourth-order valence-corrected chi connectivity index (χ4v) is 2.93. The Bertz CT molecular complexity index is 977. The lowest BCUT2D eigenvalue weighted by molar-refractivity contribution is 0.0952. The largest absolute Gasteiger partial charge is 0.496 e. The molecular weight excluding hydrogens is 340 g/mol. The SMILES string of the molecule is COc1cc(C)n(CCNC(=O)c2ccc(-c3ccccc3)cc2)c(=O)c1. The van der Waals surface area contributed by atoms with Crippen LogP contribution in [0.25, 0.3) is 11.1 Å². The van der Waals surface area contributed by atoms with Crippen LogP contribution in [0.2, 0.25) is 0 Å². The van der Waals surface area contributed by atoms with E-state index in [0.717, 1.165) is 16.8 Å². The van der Waals surface area contributed by atoms with Gasteiger partial charge in [-0.05, 0) is 36.2 Å². The van der Waals surface area contributed by atoms with Gasteiger partial charge in [0.15, 0.2) is 0 Å². The number of benzene rings is 2. The van der Waals surface area contributed by atoms with Crippen molar-refractivity contribution in [3.05, 3.63) is 88.3 Å². The summed E-state index contributed by atoms with van der Waals surface area (Å²) in [6.45, 7) is 2.61. The molecule has 0 spiro atoms. The van der Waals surface area contributed by atoms with Crippen molar-refractivity contribution in [2.45, 2.75) is 13.5 Å². The topological polar surface area (TPSA) is 60.3 Å². The standard InChI is InChI=1S/C22H22N2O3/c1-16-14-20(27-2)15-21(25)24(16)13-12-23-22(26)19-10-8-18(9-11-19)17-6-4-3-5-7-17/h3-11,14-15H,12-13H2,1-2H3,(H,23,26). The lowest BCUT2D eigenvalue weighted by Crippen LogP contribution is -2.31. The maximum absolute atomic E-state index is 12.3. The Labute approximate surface area is 158 Å². The molecule has 3 rings (SSSR count). The summed E-state index contributed by atoms with van der Waals surface area (Å²) in [7, 11) is 1.53. The normalized spacial score (nSPS) is 10.4. The predicted octanol–water partition coefficient (Wildman–Crippen LogP) is 3.26. The van der Waals surface area contributed by atoms with Gasteiger partial charge >= 0.3 is 0 Å². The lowest BCUT2D eigenvalue weighted by Gasteiger charge is -2.12. The summed E-state index contributed by atoms with van der Waals surface area (Å²) >= 11 is 0. The summed E-state index contributed by atoms with van der Waals surface area (Å²) in [5.74, 6) is 0.380. The average Bonchev–Trinajstić information content (AvgIpc) is 2.70. The highest BCUT2D eigenvalue weighted by molar-refractivity contribution is 5.94. The smallest absolute Gasteiger partial charge is 0.254 e. The van der Waals surface area contributed by atoms with Crippen molar-refractivity contribution in [2.24, 2.45) is 0 Å².